The van der Waals surface area contributed by atoms with Crippen LogP contribution in [0.4, 0.5) is 0 Å². The first-order valence-corrected chi connectivity index (χ1v) is 8.35. The van der Waals surface area contributed by atoms with Crippen molar-refractivity contribution in [3.05, 3.63) is 24.2 Å². The molecule has 0 unspecified atom stereocenters. The fraction of sp³-hybridized carbons (Fsp3) is 0.706. The van der Waals surface area contributed by atoms with Gasteiger partial charge in [0.05, 0.1) is 11.8 Å². The molecule has 2 heterocycles. The van der Waals surface area contributed by atoms with Crippen LogP contribution in [0.15, 0.2) is 23.0 Å². The third kappa shape index (κ3) is 2.86. The normalized spacial score (nSPS) is 30.3. The van der Waals surface area contributed by atoms with E-state index in [1.54, 1.807) is 12.3 Å². The van der Waals surface area contributed by atoms with Gasteiger partial charge in [0.25, 0.3) is 5.91 Å². The lowest BCUT2D eigenvalue weighted by atomic mass is 9.85. The molecular weight excluding hydrogens is 264 g/mol. The number of hydrogen-bond donors (Lipinski definition) is 1. The molecule has 2 atom stereocenters. The van der Waals surface area contributed by atoms with Crippen molar-refractivity contribution in [2.75, 3.05) is 19.6 Å². The molecule has 4 rings (SSSR count). The Labute approximate surface area is 125 Å². The van der Waals surface area contributed by atoms with Crippen molar-refractivity contribution in [2.45, 2.75) is 38.1 Å². The number of likely N-dealkylation sites (tertiary alicyclic amines) is 1. The minimum absolute atomic E-state index is 0.0184. The summed E-state index contributed by atoms with van der Waals surface area (Å²) < 4.78 is 5.01. The standard InChI is InChI=1S/C17H24N2O2/c20-17(14-6-7-21-11-14)18-16-10-19(8-12-2-1-3-12)9-15(16)13-4-5-13/h6-7,11-13,15-16H,1-5,8-10H2,(H,18,20)/t15-,16+/m1/s1. The number of furan rings is 1. The van der Waals surface area contributed by atoms with Crippen molar-refractivity contribution in [1.82, 2.24) is 10.2 Å². The highest BCUT2D eigenvalue weighted by Gasteiger charge is 2.43. The fourth-order valence-corrected chi connectivity index (χ4v) is 3.90. The van der Waals surface area contributed by atoms with Gasteiger partial charge in [0.2, 0.25) is 0 Å². The van der Waals surface area contributed by atoms with Crippen LogP contribution in [0.1, 0.15) is 42.5 Å². The zero-order valence-corrected chi connectivity index (χ0v) is 12.5. The third-order valence-corrected chi connectivity index (χ3v) is 5.51. The van der Waals surface area contributed by atoms with E-state index >= 15 is 0 Å². The second-order valence-electron chi connectivity index (χ2n) is 7.11. The predicted octanol–water partition coefficient (Wildman–Crippen LogP) is 2.52. The van der Waals surface area contributed by atoms with E-state index in [0.29, 0.717) is 17.5 Å². The van der Waals surface area contributed by atoms with Gasteiger partial charge in [-0.3, -0.25) is 4.79 Å². The molecule has 2 aliphatic carbocycles. The van der Waals surface area contributed by atoms with E-state index in [0.717, 1.165) is 18.4 Å². The quantitative estimate of drug-likeness (QED) is 0.905. The van der Waals surface area contributed by atoms with E-state index in [1.165, 1.54) is 51.5 Å². The summed E-state index contributed by atoms with van der Waals surface area (Å²) in [5, 5.41) is 3.25. The molecule has 4 nitrogen and oxygen atoms in total. The van der Waals surface area contributed by atoms with Crippen molar-refractivity contribution < 1.29 is 9.21 Å². The van der Waals surface area contributed by atoms with Gasteiger partial charge in [0, 0.05) is 25.7 Å². The lowest BCUT2D eigenvalue weighted by Crippen LogP contribution is -2.41. The molecule has 1 aliphatic heterocycles. The molecule has 0 aromatic carbocycles. The zero-order valence-electron chi connectivity index (χ0n) is 12.5. The van der Waals surface area contributed by atoms with Crippen LogP contribution in [0.25, 0.3) is 0 Å². The number of nitrogens with one attached hydrogen (secondary N) is 1. The van der Waals surface area contributed by atoms with Gasteiger partial charge in [-0.2, -0.15) is 0 Å². The molecule has 21 heavy (non-hydrogen) atoms. The summed E-state index contributed by atoms with van der Waals surface area (Å²) in [6.45, 7) is 3.44. The van der Waals surface area contributed by atoms with Gasteiger partial charge >= 0.3 is 0 Å². The first-order chi connectivity index (χ1) is 10.3. The number of hydrogen-bond acceptors (Lipinski definition) is 3. The van der Waals surface area contributed by atoms with Crippen LogP contribution in [0.3, 0.4) is 0 Å². The van der Waals surface area contributed by atoms with Crippen molar-refractivity contribution in [3.8, 4) is 0 Å². The Bertz CT molecular complexity index is 491. The molecule has 1 saturated heterocycles. The Balaban J connectivity index is 1.38. The lowest BCUT2D eigenvalue weighted by molar-refractivity contribution is 0.0927. The van der Waals surface area contributed by atoms with Crippen LogP contribution in [-0.2, 0) is 0 Å². The molecule has 2 saturated carbocycles. The van der Waals surface area contributed by atoms with Crippen molar-refractivity contribution >= 4 is 5.91 Å². The number of rotatable bonds is 5. The topological polar surface area (TPSA) is 45.5 Å². The molecule has 3 aliphatic rings. The molecule has 4 heteroatoms. The maximum atomic E-state index is 12.3. The van der Waals surface area contributed by atoms with Crippen LogP contribution in [0.5, 0.6) is 0 Å². The van der Waals surface area contributed by atoms with Gasteiger partial charge < -0.3 is 14.6 Å². The highest BCUT2D eigenvalue weighted by atomic mass is 16.3. The molecular formula is C17H24N2O2. The Morgan fingerprint density at radius 3 is 2.76 bits per heavy atom. The molecule has 0 radical (unpaired) electrons. The number of amides is 1. The number of nitrogens with zero attached hydrogens (tertiary/aromatic N) is 1. The maximum Gasteiger partial charge on any atom is 0.254 e. The lowest BCUT2D eigenvalue weighted by Gasteiger charge is -2.30. The number of carbonyl (C=O) groups excluding carboxylic acids is 1. The smallest absolute Gasteiger partial charge is 0.254 e. The molecule has 1 N–H and O–H groups in total. The SMILES string of the molecule is O=C(N[C@H]1CN(CC2CCC2)C[C@@H]1C1CC1)c1ccoc1. The largest absolute Gasteiger partial charge is 0.472 e. The van der Waals surface area contributed by atoms with E-state index in [9.17, 15) is 4.79 Å². The predicted molar refractivity (Wildman–Crippen MR) is 80.0 cm³/mol. The molecule has 0 bridgehead atoms. The van der Waals surface area contributed by atoms with E-state index in [4.69, 9.17) is 4.42 Å². The van der Waals surface area contributed by atoms with E-state index in [2.05, 4.69) is 10.2 Å². The van der Waals surface area contributed by atoms with E-state index < -0.39 is 0 Å². The molecule has 1 aromatic heterocycles. The first-order valence-electron chi connectivity index (χ1n) is 8.35. The van der Waals surface area contributed by atoms with Crippen molar-refractivity contribution in [3.63, 3.8) is 0 Å². The van der Waals surface area contributed by atoms with Crippen LogP contribution in [0, 0.1) is 17.8 Å². The Hall–Kier alpha value is -1.29. The van der Waals surface area contributed by atoms with Crippen molar-refractivity contribution in [2.24, 2.45) is 17.8 Å². The maximum absolute atomic E-state index is 12.3. The Kier molecular flexibility index (Phi) is 3.49. The van der Waals surface area contributed by atoms with Crippen LogP contribution < -0.4 is 5.32 Å². The first kappa shape index (κ1) is 13.4. The van der Waals surface area contributed by atoms with Gasteiger partial charge in [-0.05, 0) is 49.5 Å². The summed E-state index contributed by atoms with van der Waals surface area (Å²) in [6.07, 6.45) is 9.99. The summed E-state index contributed by atoms with van der Waals surface area (Å²) >= 11 is 0. The number of carbonyl (C=O) groups is 1. The molecule has 1 aromatic rings. The van der Waals surface area contributed by atoms with Crippen molar-refractivity contribution in [1.29, 1.82) is 0 Å². The Morgan fingerprint density at radius 1 is 1.29 bits per heavy atom. The summed E-state index contributed by atoms with van der Waals surface area (Å²) in [6, 6.07) is 2.06. The third-order valence-electron chi connectivity index (χ3n) is 5.51. The van der Waals surface area contributed by atoms with E-state index in [-0.39, 0.29) is 5.91 Å². The summed E-state index contributed by atoms with van der Waals surface area (Å²) in [5.41, 5.74) is 0.641. The van der Waals surface area contributed by atoms with E-state index in [1.807, 2.05) is 0 Å². The average molecular weight is 288 g/mol. The fourth-order valence-electron chi connectivity index (χ4n) is 3.90. The minimum atomic E-state index is 0.0184. The molecule has 1 amide bonds. The van der Waals surface area contributed by atoms with Crippen LogP contribution in [-0.4, -0.2) is 36.5 Å². The summed E-state index contributed by atoms with van der Waals surface area (Å²) in [4.78, 5) is 14.8. The summed E-state index contributed by atoms with van der Waals surface area (Å²) in [7, 11) is 0. The van der Waals surface area contributed by atoms with Gasteiger partial charge in [0.15, 0.2) is 0 Å². The monoisotopic (exact) mass is 288 g/mol. The summed E-state index contributed by atoms with van der Waals surface area (Å²) in [5.74, 6) is 2.42. The minimum Gasteiger partial charge on any atom is -0.472 e. The molecule has 3 fully saturated rings. The average Bonchev–Trinajstić information content (AvgIpc) is 2.98. The second-order valence-corrected chi connectivity index (χ2v) is 7.11. The van der Waals surface area contributed by atoms with Gasteiger partial charge in [-0.25, -0.2) is 0 Å². The van der Waals surface area contributed by atoms with Crippen LogP contribution >= 0.6 is 0 Å². The second kappa shape index (κ2) is 5.48. The zero-order chi connectivity index (χ0) is 14.2. The molecule has 0 spiro atoms. The van der Waals surface area contributed by atoms with Gasteiger partial charge in [-0.15, -0.1) is 0 Å². The highest BCUT2D eigenvalue weighted by Crippen LogP contribution is 2.42. The van der Waals surface area contributed by atoms with Gasteiger partial charge in [-0.1, -0.05) is 6.42 Å². The Morgan fingerprint density at radius 2 is 2.14 bits per heavy atom. The molecule has 114 valence electrons. The van der Waals surface area contributed by atoms with Crippen LogP contribution in [0.2, 0.25) is 0 Å². The van der Waals surface area contributed by atoms with Gasteiger partial charge in [0.1, 0.15) is 6.26 Å². The highest BCUT2D eigenvalue weighted by molar-refractivity contribution is 5.94.